The fraction of sp³-hybridized carbons (Fsp3) is 0.833. The van der Waals surface area contributed by atoms with Crippen molar-refractivity contribution >= 4 is 11.9 Å². The normalized spacial score (nSPS) is 12.3. The van der Waals surface area contributed by atoms with E-state index >= 15 is 0 Å². The third kappa shape index (κ3) is 4.21. The third-order valence-corrected chi connectivity index (χ3v) is 2.68. The molecule has 0 aliphatic heterocycles. The number of aliphatic carboxylic acids is 1. The molecule has 0 amide bonds. The summed E-state index contributed by atoms with van der Waals surface area (Å²) in [7, 11) is 0. The van der Waals surface area contributed by atoms with E-state index in [1.165, 1.54) is 0 Å². The molecular formula is C12H22O4. The number of hydrogen-bond acceptors (Lipinski definition) is 3. The lowest BCUT2D eigenvalue weighted by Crippen LogP contribution is -2.38. The highest BCUT2D eigenvalue weighted by Gasteiger charge is 2.40. The molecule has 0 fully saturated rings. The molecule has 0 rings (SSSR count). The predicted molar refractivity (Wildman–Crippen MR) is 61.1 cm³/mol. The average molecular weight is 230 g/mol. The maximum Gasteiger partial charge on any atom is 0.313 e. The molecule has 0 aromatic rings. The predicted octanol–water partition coefficient (Wildman–Crippen LogP) is 2.61. The molecule has 0 atom stereocenters. The van der Waals surface area contributed by atoms with Crippen molar-refractivity contribution in [2.75, 3.05) is 0 Å². The first-order chi connectivity index (χ1) is 7.17. The molecule has 16 heavy (non-hydrogen) atoms. The van der Waals surface area contributed by atoms with E-state index in [9.17, 15) is 9.59 Å². The number of carbonyl (C=O) groups excluding carboxylic acids is 1. The highest BCUT2D eigenvalue weighted by Crippen LogP contribution is 2.33. The molecule has 94 valence electrons. The van der Waals surface area contributed by atoms with E-state index < -0.39 is 23.0 Å². The molecule has 0 radical (unpaired) electrons. The van der Waals surface area contributed by atoms with Gasteiger partial charge in [-0.05, 0) is 33.6 Å². The second kappa shape index (κ2) is 5.32. The van der Waals surface area contributed by atoms with Gasteiger partial charge in [-0.25, -0.2) is 0 Å². The Bertz CT molecular complexity index is 259. The van der Waals surface area contributed by atoms with Crippen molar-refractivity contribution in [1.29, 1.82) is 0 Å². The first kappa shape index (κ1) is 14.9. The summed E-state index contributed by atoms with van der Waals surface area (Å²) in [4.78, 5) is 22.8. The van der Waals surface area contributed by atoms with Crippen molar-refractivity contribution in [2.45, 2.75) is 59.5 Å². The van der Waals surface area contributed by atoms with Crippen molar-refractivity contribution in [2.24, 2.45) is 5.41 Å². The van der Waals surface area contributed by atoms with Crippen LogP contribution in [0.4, 0.5) is 0 Å². The van der Waals surface area contributed by atoms with Crippen molar-refractivity contribution in [3.8, 4) is 0 Å². The second-order valence-corrected chi connectivity index (χ2v) is 5.06. The molecule has 0 aromatic carbocycles. The molecule has 0 aliphatic carbocycles. The Labute approximate surface area is 97.0 Å². The van der Waals surface area contributed by atoms with Crippen molar-refractivity contribution < 1.29 is 19.4 Å². The molecule has 0 saturated heterocycles. The van der Waals surface area contributed by atoms with Crippen LogP contribution in [0.2, 0.25) is 0 Å². The van der Waals surface area contributed by atoms with Crippen LogP contribution >= 0.6 is 0 Å². The Hall–Kier alpha value is -1.06. The Morgan fingerprint density at radius 2 is 1.56 bits per heavy atom. The maximum absolute atomic E-state index is 12.0. The summed E-state index contributed by atoms with van der Waals surface area (Å²) in [6.07, 6.45) is 0.782. The van der Waals surface area contributed by atoms with Crippen LogP contribution in [0, 0.1) is 5.41 Å². The van der Waals surface area contributed by atoms with Gasteiger partial charge in [-0.1, -0.05) is 13.8 Å². The van der Waals surface area contributed by atoms with E-state index in [1.54, 1.807) is 20.8 Å². The van der Waals surface area contributed by atoms with Crippen LogP contribution in [0.15, 0.2) is 0 Å². The van der Waals surface area contributed by atoms with Gasteiger partial charge in [-0.15, -0.1) is 0 Å². The van der Waals surface area contributed by atoms with E-state index in [0.29, 0.717) is 12.8 Å². The van der Waals surface area contributed by atoms with Crippen LogP contribution in [-0.2, 0) is 14.3 Å². The fourth-order valence-corrected chi connectivity index (χ4v) is 1.54. The number of hydrogen-bond donors (Lipinski definition) is 1. The second-order valence-electron chi connectivity index (χ2n) is 5.06. The average Bonchev–Trinajstić information content (AvgIpc) is 2.11. The minimum atomic E-state index is -0.963. The Morgan fingerprint density at radius 3 is 1.81 bits per heavy atom. The molecule has 4 nitrogen and oxygen atoms in total. The van der Waals surface area contributed by atoms with Gasteiger partial charge >= 0.3 is 11.9 Å². The molecule has 0 spiro atoms. The Morgan fingerprint density at radius 1 is 1.12 bits per heavy atom. The zero-order chi connectivity index (χ0) is 13.0. The fourth-order valence-electron chi connectivity index (χ4n) is 1.54. The number of rotatable bonds is 5. The van der Waals surface area contributed by atoms with Crippen LogP contribution in [0.5, 0.6) is 0 Å². The SMILES string of the molecule is CCC(CC)(CC(=O)O)C(=O)OC(C)(C)C. The van der Waals surface area contributed by atoms with Gasteiger partial charge in [0.2, 0.25) is 0 Å². The Kier molecular flexibility index (Phi) is 4.97. The summed E-state index contributed by atoms with van der Waals surface area (Å²) in [5.41, 5.74) is -1.47. The minimum absolute atomic E-state index is 0.172. The van der Waals surface area contributed by atoms with Crippen LogP contribution in [0.25, 0.3) is 0 Å². The van der Waals surface area contributed by atoms with Gasteiger partial charge in [0, 0.05) is 0 Å². The summed E-state index contributed by atoms with van der Waals surface area (Å²) >= 11 is 0. The molecule has 0 saturated carbocycles. The highest BCUT2D eigenvalue weighted by atomic mass is 16.6. The first-order valence-electron chi connectivity index (χ1n) is 5.62. The van der Waals surface area contributed by atoms with Gasteiger partial charge in [-0.3, -0.25) is 9.59 Å². The van der Waals surface area contributed by atoms with E-state index in [0.717, 1.165) is 0 Å². The van der Waals surface area contributed by atoms with Gasteiger partial charge < -0.3 is 9.84 Å². The number of carboxylic acids is 1. The van der Waals surface area contributed by atoms with E-state index in [-0.39, 0.29) is 6.42 Å². The van der Waals surface area contributed by atoms with Gasteiger partial charge in [-0.2, -0.15) is 0 Å². The quantitative estimate of drug-likeness (QED) is 0.737. The van der Waals surface area contributed by atoms with E-state index in [2.05, 4.69) is 0 Å². The zero-order valence-electron chi connectivity index (χ0n) is 10.8. The standard InChI is InChI=1S/C12H22O4/c1-6-12(7-2,8-9(13)14)10(15)16-11(3,4)5/h6-8H2,1-5H3,(H,13,14). The molecule has 4 heteroatoms. The van der Waals surface area contributed by atoms with Gasteiger partial charge in [0.1, 0.15) is 5.60 Å². The van der Waals surface area contributed by atoms with E-state index in [4.69, 9.17) is 9.84 Å². The van der Waals surface area contributed by atoms with Crippen LogP contribution in [0.1, 0.15) is 53.9 Å². The topological polar surface area (TPSA) is 63.6 Å². The molecule has 1 N–H and O–H groups in total. The van der Waals surface area contributed by atoms with Crippen LogP contribution in [-0.4, -0.2) is 22.6 Å². The summed E-state index contributed by atoms with van der Waals surface area (Å²) in [6, 6.07) is 0. The first-order valence-corrected chi connectivity index (χ1v) is 5.62. The molecule has 0 bridgehead atoms. The molecule has 0 aliphatic rings. The summed E-state index contributed by atoms with van der Waals surface area (Å²) in [6.45, 7) is 8.97. The zero-order valence-corrected chi connectivity index (χ0v) is 10.8. The molecular weight excluding hydrogens is 208 g/mol. The lowest BCUT2D eigenvalue weighted by molar-refractivity contribution is -0.172. The van der Waals surface area contributed by atoms with Gasteiger partial charge in [0.05, 0.1) is 11.8 Å². The molecule has 0 aromatic heterocycles. The van der Waals surface area contributed by atoms with Crippen molar-refractivity contribution in [1.82, 2.24) is 0 Å². The van der Waals surface area contributed by atoms with Crippen molar-refractivity contribution in [3.63, 3.8) is 0 Å². The Balaban J connectivity index is 4.89. The smallest absolute Gasteiger partial charge is 0.313 e. The molecule has 0 unspecified atom stereocenters. The monoisotopic (exact) mass is 230 g/mol. The van der Waals surface area contributed by atoms with Crippen LogP contribution in [0.3, 0.4) is 0 Å². The lowest BCUT2D eigenvalue weighted by Gasteiger charge is -2.31. The summed E-state index contributed by atoms with van der Waals surface area (Å²) in [5.74, 6) is -1.37. The van der Waals surface area contributed by atoms with E-state index in [1.807, 2.05) is 13.8 Å². The highest BCUT2D eigenvalue weighted by molar-refractivity contribution is 5.83. The summed E-state index contributed by atoms with van der Waals surface area (Å²) in [5, 5.41) is 8.85. The summed E-state index contributed by atoms with van der Waals surface area (Å²) < 4.78 is 5.28. The third-order valence-electron chi connectivity index (χ3n) is 2.68. The number of ether oxygens (including phenoxy) is 1. The minimum Gasteiger partial charge on any atom is -0.481 e. The molecule has 0 heterocycles. The maximum atomic E-state index is 12.0. The lowest BCUT2D eigenvalue weighted by atomic mass is 9.79. The number of carboxylic acid groups (broad SMARTS) is 1. The number of carbonyl (C=O) groups is 2. The largest absolute Gasteiger partial charge is 0.481 e. The van der Waals surface area contributed by atoms with Gasteiger partial charge in [0.15, 0.2) is 0 Å². The van der Waals surface area contributed by atoms with Crippen LogP contribution < -0.4 is 0 Å². The number of esters is 1. The van der Waals surface area contributed by atoms with Crippen molar-refractivity contribution in [3.05, 3.63) is 0 Å². The van der Waals surface area contributed by atoms with Gasteiger partial charge in [0.25, 0.3) is 0 Å².